The van der Waals surface area contributed by atoms with Crippen LogP contribution in [0.15, 0.2) is 42.7 Å². The zero-order chi connectivity index (χ0) is 15.6. The summed E-state index contributed by atoms with van der Waals surface area (Å²) in [4.78, 5) is 14.7. The molecule has 2 aliphatic rings. The Bertz CT molecular complexity index is 666. The van der Waals surface area contributed by atoms with Crippen molar-refractivity contribution >= 4 is 5.91 Å². The summed E-state index contributed by atoms with van der Waals surface area (Å²) >= 11 is 0. The Morgan fingerprint density at radius 1 is 1.26 bits per heavy atom. The van der Waals surface area contributed by atoms with Crippen LogP contribution in [0.5, 0.6) is 0 Å². The summed E-state index contributed by atoms with van der Waals surface area (Å²) in [5, 5.41) is 4.21. The first kappa shape index (κ1) is 14.5. The molecule has 23 heavy (non-hydrogen) atoms. The minimum absolute atomic E-state index is 0.219. The second-order valence-corrected chi connectivity index (χ2v) is 6.29. The van der Waals surface area contributed by atoms with Crippen molar-refractivity contribution in [2.24, 2.45) is 0 Å². The van der Waals surface area contributed by atoms with Gasteiger partial charge in [0.1, 0.15) is 0 Å². The molecule has 2 aromatic rings. The SMILES string of the molecule is O=C(Cc1ccc(-n2cccn2)cc1)N1CCOC2CCCC21. The quantitative estimate of drug-likeness (QED) is 0.873. The van der Waals surface area contributed by atoms with Crippen molar-refractivity contribution in [2.45, 2.75) is 37.8 Å². The molecule has 1 aromatic heterocycles. The smallest absolute Gasteiger partial charge is 0.227 e. The van der Waals surface area contributed by atoms with Crippen LogP contribution in [-0.2, 0) is 16.0 Å². The number of rotatable bonds is 3. The number of fused-ring (bicyclic) bond motifs is 1. The number of carbonyl (C=O) groups is 1. The predicted molar refractivity (Wildman–Crippen MR) is 86.4 cm³/mol. The number of hydrogen-bond acceptors (Lipinski definition) is 3. The van der Waals surface area contributed by atoms with Gasteiger partial charge in [-0.15, -0.1) is 0 Å². The van der Waals surface area contributed by atoms with Crippen LogP contribution < -0.4 is 0 Å². The van der Waals surface area contributed by atoms with E-state index >= 15 is 0 Å². The molecule has 1 aliphatic carbocycles. The van der Waals surface area contributed by atoms with Gasteiger partial charge in [-0.3, -0.25) is 4.79 Å². The third-order valence-corrected chi connectivity index (χ3v) is 4.86. The van der Waals surface area contributed by atoms with Crippen LogP contribution in [0.2, 0.25) is 0 Å². The summed E-state index contributed by atoms with van der Waals surface area (Å²) in [5.41, 5.74) is 2.06. The molecule has 1 aromatic carbocycles. The Morgan fingerprint density at radius 2 is 2.13 bits per heavy atom. The summed E-state index contributed by atoms with van der Waals surface area (Å²) in [6.45, 7) is 1.40. The van der Waals surface area contributed by atoms with Crippen LogP contribution in [0, 0.1) is 0 Å². The maximum absolute atomic E-state index is 12.7. The Balaban J connectivity index is 1.44. The largest absolute Gasteiger partial charge is 0.374 e. The lowest BCUT2D eigenvalue weighted by molar-refractivity contribution is -0.143. The first-order valence-corrected chi connectivity index (χ1v) is 8.31. The van der Waals surface area contributed by atoms with Crippen molar-refractivity contribution in [1.29, 1.82) is 0 Å². The molecule has 2 unspecified atom stereocenters. The Morgan fingerprint density at radius 3 is 2.91 bits per heavy atom. The van der Waals surface area contributed by atoms with Crippen molar-refractivity contribution < 1.29 is 9.53 Å². The molecule has 2 heterocycles. The van der Waals surface area contributed by atoms with Crippen LogP contribution in [0.1, 0.15) is 24.8 Å². The molecular weight excluding hydrogens is 290 g/mol. The second kappa shape index (κ2) is 6.16. The Labute approximate surface area is 135 Å². The summed E-state index contributed by atoms with van der Waals surface area (Å²) in [6, 6.07) is 10.2. The normalized spacial score (nSPS) is 23.7. The maximum atomic E-state index is 12.7. The molecule has 0 spiro atoms. The van der Waals surface area contributed by atoms with Crippen molar-refractivity contribution in [3.63, 3.8) is 0 Å². The van der Waals surface area contributed by atoms with Gasteiger partial charge in [0.25, 0.3) is 0 Å². The average Bonchev–Trinajstić information content (AvgIpc) is 3.26. The maximum Gasteiger partial charge on any atom is 0.227 e. The highest BCUT2D eigenvalue weighted by atomic mass is 16.5. The van der Waals surface area contributed by atoms with E-state index in [2.05, 4.69) is 5.10 Å². The van der Waals surface area contributed by atoms with Crippen LogP contribution in [0.3, 0.4) is 0 Å². The van der Waals surface area contributed by atoms with E-state index in [-0.39, 0.29) is 12.0 Å². The van der Waals surface area contributed by atoms with Gasteiger partial charge in [0.05, 0.1) is 30.9 Å². The predicted octanol–water partition coefficient (Wildman–Crippen LogP) is 2.19. The Kier molecular flexibility index (Phi) is 3.87. The summed E-state index contributed by atoms with van der Waals surface area (Å²) in [5.74, 6) is 0.219. The van der Waals surface area contributed by atoms with Gasteiger partial charge in [-0.05, 0) is 43.0 Å². The molecule has 5 nitrogen and oxygen atoms in total. The zero-order valence-corrected chi connectivity index (χ0v) is 13.1. The average molecular weight is 311 g/mol. The fourth-order valence-corrected chi connectivity index (χ4v) is 3.70. The van der Waals surface area contributed by atoms with E-state index < -0.39 is 0 Å². The van der Waals surface area contributed by atoms with Crippen LogP contribution in [0.25, 0.3) is 5.69 Å². The molecule has 1 amide bonds. The fraction of sp³-hybridized carbons (Fsp3) is 0.444. The zero-order valence-electron chi connectivity index (χ0n) is 13.1. The highest BCUT2D eigenvalue weighted by Gasteiger charge is 2.38. The number of hydrogen-bond donors (Lipinski definition) is 0. The van der Waals surface area contributed by atoms with E-state index in [0.717, 1.165) is 37.1 Å². The molecular formula is C18H21N3O2. The molecule has 1 aliphatic heterocycles. The number of carbonyl (C=O) groups excluding carboxylic acids is 1. The lowest BCUT2D eigenvalue weighted by atomic mass is 10.1. The van der Waals surface area contributed by atoms with Crippen molar-refractivity contribution in [3.8, 4) is 5.69 Å². The van der Waals surface area contributed by atoms with Gasteiger partial charge < -0.3 is 9.64 Å². The molecule has 2 fully saturated rings. The third kappa shape index (κ3) is 2.88. The standard InChI is InChI=1S/C18H21N3O2/c22-18(20-11-12-23-17-4-1-3-16(17)20)13-14-5-7-15(8-6-14)21-10-2-9-19-21/h2,5-10,16-17H,1,3-4,11-13H2. The molecule has 0 radical (unpaired) electrons. The van der Waals surface area contributed by atoms with Gasteiger partial charge >= 0.3 is 0 Å². The Hall–Kier alpha value is -2.14. The van der Waals surface area contributed by atoms with Crippen molar-refractivity contribution in [3.05, 3.63) is 48.3 Å². The van der Waals surface area contributed by atoms with Crippen LogP contribution in [0.4, 0.5) is 0 Å². The number of nitrogens with zero attached hydrogens (tertiary/aromatic N) is 3. The summed E-state index contributed by atoms with van der Waals surface area (Å²) in [6.07, 6.45) is 7.72. The van der Waals surface area contributed by atoms with Crippen LogP contribution >= 0.6 is 0 Å². The molecule has 2 atom stereocenters. The van der Waals surface area contributed by atoms with E-state index in [9.17, 15) is 4.79 Å². The number of aromatic nitrogens is 2. The second-order valence-electron chi connectivity index (χ2n) is 6.29. The molecule has 5 heteroatoms. The highest BCUT2D eigenvalue weighted by molar-refractivity contribution is 5.79. The van der Waals surface area contributed by atoms with Gasteiger partial charge in [-0.1, -0.05) is 12.1 Å². The summed E-state index contributed by atoms with van der Waals surface area (Å²) in [7, 11) is 0. The van der Waals surface area contributed by atoms with Gasteiger partial charge in [0, 0.05) is 18.9 Å². The molecule has 4 rings (SSSR count). The monoisotopic (exact) mass is 311 g/mol. The van der Waals surface area contributed by atoms with Gasteiger partial charge in [0.15, 0.2) is 0 Å². The molecule has 120 valence electrons. The lowest BCUT2D eigenvalue weighted by Crippen LogP contribution is -2.51. The van der Waals surface area contributed by atoms with Crippen molar-refractivity contribution in [2.75, 3.05) is 13.2 Å². The van der Waals surface area contributed by atoms with Crippen molar-refractivity contribution in [1.82, 2.24) is 14.7 Å². The van der Waals surface area contributed by atoms with E-state index in [0.29, 0.717) is 19.1 Å². The molecule has 1 saturated carbocycles. The number of amides is 1. The van der Waals surface area contributed by atoms with E-state index in [1.54, 1.807) is 6.20 Å². The number of benzene rings is 1. The van der Waals surface area contributed by atoms with Crippen LogP contribution in [-0.4, -0.2) is 45.9 Å². The number of morpholine rings is 1. The lowest BCUT2D eigenvalue weighted by Gasteiger charge is -2.37. The van der Waals surface area contributed by atoms with E-state index in [4.69, 9.17) is 4.74 Å². The van der Waals surface area contributed by atoms with Gasteiger partial charge in [-0.25, -0.2) is 4.68 Å². The van der Waals surface area contributed by atoms with E-state index in [1.807, 2.05) is 46.1 Å². The minimum Gasteiger partial charge on any atom is -0.374 e. The third-order valence-electron chi connectivity index (χ3n) is 4.86. The molecule has 1 saturated heterocycles. The summed E-state index contributed by atoms with van der Waals surface area (Å²) < 4.78 is 7.60. The van der Waals surface area contributed by atoms with Gasteiger partial charge in [-0.2, -0.15) is 5.10 Å². The topological polar surface area (TPSA) is 47.4 Å². The molecule has 0 N–H and O–H groups in total. The first-order valence-electron chi connectivity index (χ1n) is 8.31. The number of ether oxygens (including phenoxy) is 1. The highest BCUT2D eigenvalue weighted by Crippen LogP contribution is 2.30. The van der Waals surface area contributed by atoms with Gasteiger partial charge in [0.2, 0.25) is 5.91 Å². The molecule has 0 bridgehead atoms. The van der Waals surface area contributed by atoms with E-state index in [1.165, 1.54) is 0 Å². The minimum atomic E-state index is 0.219. The first-order chi connectivity index (χ1) is 11.3. The fourth-order valence-electron chi connectivity index (χ4n) is 3.70.